The summed E-state index contributed by atoms with van der Waals surface area (Å²) in [5.74, 6) is 3.15. The topological polar surface area (TPSA) is 66.5 Å². The summed E-state index contributed by atoms with van der Waals surface area (Å²) in [7, 11) is 0. The van der Waals surface area contributed by atoms with Crippen molar-refractivity contribution in [3.63, 3.8) is 0 Å². The fraction of sp³-hybridized carbons (Fsp3) is 0.370. The van der Waals surface area contributed by atoms with Gasteiger partial charge in [0.2, 0.25) is 0 Å². The SMILES string of the molecule is Cc1ccc(-c2cc(NC3C4CCC(CC4)C3C)nc(-c3c[nH]c4ncc(F)cc34)n2)cc1. The molecule has 2 bridgehead atoms. The van der Waals surface area contributed by atoms with Crippen molar-refractivity contribution in [1.29, 1.82) is 0 Å². The van der Waals surface area contributed by atoms with Crippen molar-refractivity contribution in [2.75, 3.05) is 5.32 Å². The Bertz CT molecular complexity index is 1300. The number of halogens is 1. The van der Waals surface area contributed by atoms with Crippen molar-refractivity contribution in [1.82, 2.24) is 19.9 Å². The van der Waals surface area contributed by atoms with E-state index in [1.165, 1.54) is 43.5 Å². The van der Waals surface area contributed by atoms with E-state index in [2.05, 4.69) is 59.5 Å². The van der Waals surface area contributed by atoms with Crippen LogP contribution in [0.15, 0.2) is 48.8 Å². The van der Waals surface area contributed by atoms with Crippen LogP contribution >= 0.6 is 0 Å². The van der Waals surface area contributed by atoms with Crippen LogP contribution in [0.3, 0.4) is 0 Å². The van der Waals surface area contributed by atoms with Crippen LogP contribution in [0.1, 0.15) is 38.2 Å². The number of nitrogens with one attached hydrogen (secondary N) is 2. The zero-order valence-electron chi connectivity index (χ0n) is 19.0. The molecule has 0 spiro atoms. The molecule has 3 saturated carbocycles. The monoisotopic (exact) mass is 441 g/mol. The van der Waals surface area contributed by atoms with E-state index in [1.807, 2.05) is 6.20 Å². The molecule has 3 aromatic heterocycles. The highest BCUT2D eigenvalue weighted by Gasteiger charge is 2.41. The first kappa shape index (κ1) is 20.3. The Labute approximate surface area is 192 Å². The maximum atomic E-state index is 14.0. The number of aromatic nitrogens is 4. The lowest BCUT2D eigenvalue weighted by molar-refractivity contribution is 0.0928. The lowest BCUT2D eigenvalue weighted by Gasteiger charge is -2.47. The molecule has 5 nitrogen and oxygen atoms in total. The number of benzene rings is 1. The molecule has 3 fully saturated rings. The third-order valence-electron chi connectivity index (χ3n) is 7.76. The van der Waals surface area contributed by atoms with Crippen molar-refractivity contribution in [3.05, 3.63) is 60.2 Å². The molecule has 0 amide bonds. The van der Waals surface area contributed by atoms with E-state index in [0.717, 1.165) is 28.6 Å². The minimum Gasteiger partial charge on any atom is -0.367 e. The molecule has 6 heteroatoms. The summed E-state index contributed by atoms with van der Waals surface area (Å²) >= 11 is 0. The van der Waals surface area contributed by atoms with Crippen molar-refractivity contribution < 1.29 is 4.39 Å². The summed E-state index contributed by atoms with van der Waals surface area (Å²) in [6.07, 6.45) is 8.33. The number of hydrogen-bond acceptors (Lipinski definition) is 4. The van der Waals surface area contributed by atoms with E-state index >= 15 is 0 Å². The highest BCUT2D eigenvalue weighted by molar-refractivity contribution is 5.92. The minimum atomic E-state index is -0.372. The average molecular weight is 442 g/mol. The van der Waals surface area contributed by atoms with E-state index in [1.54, 1.807) is 0 Å². The van der Waals surface area contributed by atoms with Gasteiger partial charge < -0.3 is 10.3 Å². The highest BCUT2D eigenvalue weighted by atomic mass is 19.1. The molecular formula is C27H28FN5. The first-order chi connectivity index (χ1) is 16.0. The maximum Gasteiger partial charge on any atom is 0.164 e. The molecule has 7 rings (SSSR count). The predicted octanol–water partition coefficient (Wildman–Crippen LogP) is 6.37. The van der Waals surface area contributed by atoms with E-state index in [4.69, 9.17) is 9.97 Å². The number of aromatic amines is 1. The molecule has 3 aliphatic rings. The van der Waals surface area contributed by atoms with Crippen LogP contribution in [0.4, 0.5) is 10.2 Å². The number of H-pyrrole nitrogens is 1. The quantitative estimate of drug-likeness (QED) is 0.386. The standard InChI is InChI=1S/C27H28FN5/c1-15-3-5-18(6-4-15)23-12-24(32-25-16(2)17-7-9-19(25)10-8-17)33-27(31-23)22-14-30-26-21(22)11-20(28)13-29-26/h3-6,11-14,16-17,19,25H,7-10H2,1-2H3,(H,29,30)(H,31,32,33). The van der Waals surface area contributed by atoms with Gasteiger partial charge in [-0.25, -0.2) is 19.3 Å². The molecule has 2 N–H and O–H groups in total. The number of aryl methyl sites for hydroxylation is 1. The summed E-state index contributed by atoms with van der Waals surface area (Å²) in [6, 6.07) is 12.3. The minimum absolute atomic E-state index is 0.372. The summed E-state index contributed by atoms with van der Waals surface area (Å²) in [5.41, 5.74) is 4.48. The van der Waals surface area contributed by atoms with Gasteiger partial charge in [-0.1, -0.05) is 36.8 Å². The molecule has 3 aliphatic carbocycles. The van der Waals surface area contributed by atoms with Crippen LogP contribution in [-0.4, -0.2) is 26.0 Å². The Morgan fingerprint density at radius 1 is 1.00 bits per heavy atom. The van der Waals surface area contributed by atoms with Gasteiger partial charge in [0.15, 0.2) is 5.82 Å². The zero-order valence-corrected chi connectivity index (χ0v) is 19.0. The largest absolute Gasteiger partial charge is 0.367 e. The maximum absolute atomic E-state index is 14.0. The van der Waals surface area contributed by atoms with Crippen LogP contribution in [0.25, 0.3) is 33.7 Å². The molecule has 0 radical (unpaired) electrons. The van der Waals surface area contributed by atoms with E-state index in [0.29, 0.717) is 34.7 Å². The average Bonchev–Trinajstić information content (AvgIpc) is 3.25. The molecule has 3 heterocycles. The number of anilines is 1. The molecule has 1 aromatic carbocycles. The van der Waals surface area contributed by atoms with Gasteiger partial charge in [0, 0.05) is 34.8 Å². The molecule has 168 valence electrons. The Morgan fingerprint density at radius 3 is 2.52 bits per heavy atom. The summed E-state index contributed by atoms with van der Waals surface area (Å²) in [5, 5.41) is 4.48. The van der Waals surface area contributed by atoms with Gasteiger partial charge in [0.1, 0.15) is 17.3 Å². The summed E-state index contributed by atoms with van der Waals surface area (Å²) < 4.78 is 14.0. The Morgan fingerprint density at radius 2 is 1.76 bits per heavy atom. The fourth-order valence-electron chi connectivity index (χ4n) is 5.85. The van der Waals surface area contributed by atoms with Crippen LogP contribution in [-0.2, 0) is 0 Å². The molecule has 0 aliphatic heterocycles. The Balaban J connectivity index is 1.45. The molecule has 2 atom stereocenters. The second-order valence-electron chi connectivity index (χ2n) is 9.78. The Hall–Kier alpha value is -3.28. The van der Waals surface area contributed by atoms with Gasteiger partial charge in [0.05, 0.1) is 11.9 Å². The lowest BCUT2D eigenvalue weighted by atomic mass is 9.62. The van der Waals surface area contributed by atoms with E-state index in [-0.39, 0.29) is 5.82 Å². The van der Waals surface area contributed by atoms with Crippen LogP contribution < -0.4 is 5.32 Å². The van der Waals surface area contributed by atoms with Crippen LogP contribution in [0.5, 0.6) is 0 Å². The second kappa shape index (κ2) is 7.94. The normalized spacial score (nSPS) is 24.3. The predicted molar refractivity (Wildman–Crippen MR) is 129 cm³/mol. The zero-order chi connectivity index (χ0) is 22.5. The highest BCUT2D eigenvalue weighted by Crippen LogP contribution is 2.46. The van der Waals surface area contributed by atoms with Crippen molar-refractivity contribution in [3.8, 4) is 22.6 Å². The summed E-state index contributed by atoms with van der Waals surface area (Å²) in [6.45, 7) is 4.46. The first-order valence-electron chi connectivity index (χ1n) is 11.9. The van der Waals surface area contributed by atoms with Crippen LogP contribution in [0.2, 0.25) is 0 Å². The van der Waals surface area contributed by atoms with Crippen molar-refractivity contribution in [2.45, 2.75) is 45.6 Å². The van der Waals surface area contributed by atoms with E-state index in [9.17, 15) is 4.39 Å². The number of pyridine rings is 1. The van der Waals surface area contributed by atoms with Gasteiger partial charge in [-0.15, -0.1) is 0 Å². The third kappa shape index (κ3) is 3.67. The number of fused-ring (bicyclic) bond motifs is 4. The summed E-state index contributed by atoms with van der Waals surface area (Å²) in [4.78, 5) is 17.1. The van der Waals surface area contributed by atoms with Gasteiger partial charge in [-0.05, 0) is 56.4 Å². The number of rotatable bonds is 4. The molecule has 2 unspecified atom stereocenters. The third-order valence-corrected chi connectivity index (χ3v) is 7.76. The molecular weight excluding hydrogens is 413 g/mol. The second-order valence-corrected chi connectivity index (χ2v) is 9.78. The van der Waals surface area contributed by atoms with Gasteiger partial charge in [0.25, 0.3) is 0 Å². The molecule has 33 heavy (non-hydrogen) atoms. The van der Waals surface area contributed by atoms with Gasteiger partial charge in [-0.2, -0.15) is 0 Å². The van der Waals surface area contributed by atoms with Crippen molar-refractivity contribution in [2.24, 2.45) is 17.8 Å². The number of hydrogen-bond donors (Lipinski definition) is 2. The van der Waals surface area contributed by atoms with Crippen molar-refractivity contribution >= 4 is 16.9 Å². The lowest BCUT2D eigenvalue weighted by Crippen LogP contribution is -2.47. The Kier molecular flexibility index (Phi) is 4.89. The van der Waals surface area contributed by atoms with E-state index < -0.39 is 0 Å². The van der Waals surface area contributed by atoms with Gasteiger partial charge >= 0.3 is 0 Å². The first-order valence-corrected chi connectivity index (χ1v) is 11.9. The molecule has 4 aromatic rings. The number of nitrogens with zero attached hydrogens (tertiary/aromatic N) is 3. The van der Waals surface area contributed by atoms with Gasteiger partial charge in [-0.3, -0.25) is 0 Å². The molecule has 0 saturated heterocycles. The van der Waals surface area contributed by atoms with Crippen LogP contribution in [0, 0.1) is 30.5 Å². The fourth-order valence-corrected chi connectivity index (χ4v) is 5.85. The smallest absolute Gasteiger partial charge is 0.164 e.